The van der Waals surface area contributed by atoms with Gasteiger partial charge < -0.3 is 14.2 Å². The number of esters is 2. The first-order valence-corrected chi connectivity index (χ1v) is 7.73. The molecule has 0 bridgehead atoms. The van der Waals surface area contributed by atoms with Gasteiger partial charge in [0.25, 0.3) is 0 Å². The molecule has 0 N–H and O–H groups in total. The van der Waals surface area contributed by atoms with Crippen LogP contribution >= 0.6 is 11.8 Å². The summed E-state index contributed by atoms with van der Waals surface area (Å²) in [5, 5.41) is -0.120. The van der Waals surface area contributed by atoms with E-state index in [1.807, 2.05) is 13.8 Å². The molecule has 1 aliphatic heterocycles. The van der Waals surface area contributed by atoms with E-state index in [9.17, 15) is 14.4 Å². The van der Waals surface area contributed by atoms with Crippen LogP contribution in [0.2, 0.25) is 0 Å². The third-order valence-corrected chi connectivity index (χ3v) is 4.49. The zero-order valence-electron chi connectivity index (χ0n) is 13.0. The Kier molecular flexibility index (Phi) is 6.67. The highest BCUT2D eigenvalue weighted by Crippen LogP contribution is 2.37. The van der Waals surface area contributed by atoms with Crippen LogP contribution < -0.4 is 0 Å². The molecule has 21 heavy (non-hydrogen) atoms. The van der Waals surface area contributed by atoms with Crippen molar-refractivity contribution in [1.29, 1.82) is 0 Å². The monoisotopic (exact) mass is 318 g/mol. The summed E-state index contributed by atoms with van der Waals surface area (Å²) in [6.45, 7) is 8.11. The van der Waals surface area contributed by atoms with E-state index in [-0.39, 0.29) is 35.6 Å². The molecule has 0 aromatic heterocycles. The average molecular weight is 318 g/mol. The van der Waals surface area contributed by atoms with Crippen molar-refractivity contribution in [2.75, 3.05) is 6.61 Å². The molecule has 0 radical (unpaired) electrons. The second-order valence-electron chi connectivity index (χ2n) is 5.25. The van der Waals surface area contributed by atoms with Gasteiger partial charge in [-0.3, -0.25) is 14.4 Å². The Morgan fingerprint density at radius 2 is 1.67 bits per heavy atom. The maximum Gasteiger partial charge on any atom is 0.303 e. The van der Waals surface area contributed by atoms with Gasteiger partial charge in [0.2, 0.25) is 0 Å². The molecule has 0 aromatic carbocycles. The van der Waals surface area contributed by atoms with Crippen molar-refractivity contribution in [3.8, 4) is 0 Å². The molecule has 0 spiro atoms. The first kappa shape index (κ1) is 18.0. The Balaban J connectivity index is 2.84. The molecule has 0 amide bonds. The quantitative estimate of drug-likeness (QED) is 0.731. The Hall–Kier alpha value is -1.08. The molecular weight excluding hydrogens is 296 g/mol. The Morgan fingerprint density at radius 1 is 1.05 bits per heavy atom. The van der Waals surface area contributed by atoms with E-state index >= 15 is 0 Å². The second kappa shape index (κ2) is 7.79. The van der Waals surface area contributed by atoms with Crippen LogP contribution in [0.5, 0.6) is 0 Å². The van der Waals surface area contributed by atoms with Crippen molar-refractivity contribution in [2.24, 2.45) is 11.8 Å². The second-order valence-corrected chi connectivity index (χ2v) is 6.52. The fourth-order valence-electron chi connectivity index (χ4n) is 2.26. The summed E-state index contributed by atoms with van der Waals surface area (Å²) in [5.74, 6) is -0.774. The molecule has 1 fully saturated rings. The molecule has 1 rings (SSSR count). The number of rotatable bonds is 4. The lowest BCUT2D eigenvalue weighted by Crippen LogP contribution is -2.51. The van der Waals surface area contributed by atoms with Gasteiger partial charge in [-0.25, -0.2) is 0 Å². The van der Waals surface area contributed by atoms with E-state index in [4.69, 9.17) is 14.2 Å². The predicted molar refractivity (Wildman–Crippen MR) is 77.4 cm³/mol. The van der Waals surface area contributed by atoms with E-state index in [1.54, 1.807) is 0 Å². The van der Waals surface area contributed by atoms with Crippen LogP contribution in [0.4, 0.5) is 0 Å². The topological polar surface area (TPSA) is 78.9 Å². The molecule has 1 saturated heterocycles. The van der Waals surface area contributed by atoms with Crippen molar-refractivity contribution < 1.29 is 28.6 Å². The van der Waals surface area contributed by atoms with Crippen molar-refractivity contribution in [3.05, 3.63) is 0 Å². The summed E-state index contributed by atoms with van der Waals surface area (Å²) in [4.78, 5) is 33.5. The normalized spacial score (nSPS) is 32.3. The number of hydrogen-bond acceptors (Lipinski definition) is 7. The Bertz CT molecular complexity index is 408. The number of carbonyl (C=O) groups excluding carboxylic acids is 3. The van der Waals surface area contributed by atoms with Crippen molar-refractivity contribution in [2.45, 2.75) is 52.3 Å². The molecular formula is C14H22O6S. The Labute approximate surface area is 128 Å². The summed E-state index contributed by atoms with van der Waals surface area (Å²) in [7, 11) is 0. The lowest BCUT2D eigenvalue weighted by molar-refractivity contribution is -0.185. The summed E-state index contributed by atoms with van der Waals surface area (Å²) in [5.41, 5.74) is -0.585. The number of thioether (sulfide) groups is 1. The highest BCUT2D eigenvalue weighted by atomic mass is 32.2. The van der Waals surface area contributed by atoms with Gasteiger partial charge in [-0.2, -0.15) is 0 Å². The fourth-order valence-corrected chi connectivity index (χ4v) is 3.23. The van der Waals surface area contributed by atoms with Gasteiger partial charge in [0.15, 0.2) is 5.12 Å². The van der Waals surface area contributed by atoms with E-state index < -0.39 is 17.5 Å². The third-order valence-electron chi connectivity index (χ3n) is 3.55. The summed E-state index contributed by atoms with van der Waals surface area (Å²) in [6.07, 6.45) is -0.826. The minimum Gasteiger partial charge on any atom is -0.463 e. The van der Waals surface area contributed by atoms with Crippen LogP contribution in [0.1, 0.15) is 34.6 Å². The molecule has 5 atom stereocenters. The minimum atomic E-state index is -0.585. The molecule has 6 nitrogen and oxygen atoms in total. The van der Waals surface area contributed by atoms with Crippen molar-refractivity contribution >= 4 is 28.8 Å². The van der Waals surface area contributed by atoms with Gasteiger partial charge in [0.1, 0.15) is 18.1 Å². The molecule has 1 aliphatic rings. The average Bonchev–Trinajstić information content (AvgIpc) is 2.35. The predicted octanol–water partition coefficient (Wildman–Crippen LogP) is 1.76. The molecule has 120 valence electrons. The lowest BCUT2D eigenvalue weighted by Gasteiger charge is -2.43. The SMILES string of the molecule is CC(=O)OCC1O[C@@H](SC(C)=O)C(OC(C)=O)[C@@H](C)[C@@H]1C. The van der Waals surface area contributed by atoms with Gasteiger partial charge in [-0.1, -0.05) is 25.6 Å². The summed E-state index contributed by atoms with van der Waals surface area (Å²) < 4.78 is 16.2. The van der Waals surface area contributed by atoms with Crippen LogP contribution in [0, 0.1) is 11.8 Å². The van der Waals surface area contributed by atoms with Crippen molar-refractivity contribution in [1.82, 2.24) is 0 Å². The van der Waals surface area contributed by atoms with Gasteiger partial charge >= 0.3 is 11.9 Å². The van der Waals surface area contributed by atoms with Gasteiger partial charge in [-0.15, -0.1) is 0 Å². The fraction of sp³-hybridized carbons (Fsp3) is 0.786. The zero-order chi connectivity index (χ0) is 16.2. The molecule has 1 heterocycles. The van der Waals surface area contributed by atoms with Gasteiger partial charge in [0, 0.05) is 26.7 Å². The van der Waals surface area contributed by atoms with E-state index in [0.29, 0.717) is 0 Å². The highest BCUT2D eigenvalue weighted by Gasteiger charge is 2.44. The van der Waals surface area contributed by atoms with Crippen LogP contribution in [-0.2, 0) is 28.6 Å². The molecule has 0 aliphatic carbocycles. The molecule has 0 saturated carbocycles. The van der Waals surface area contributed by atoms with Crippen LogP contribution in [0.3, 0.4) is 0 Å². The van der Waals surface area contributed by atoms with Crippen molar-refractivity contribution in [3.63, 3.8) is 0 Å². The Morgan fingerprint density at radius 3 is 2.14 bits per heavy atom. The zero-order valence-corrected chi connectivity index (χ0v) is 13.8. The standard InChI is InChI=1S/C14H22O6S/c1-7-8(2)13(19-10(4)16)14(21-11(5)17)20-12(7)6-18-9(3)15/h7-8,12-14H,6H2,1-5H3/t7-,8-,12?,13?,14-/m0/s1. The molecule has 0 aromatic rings. The minimum absolute atomic E-state index is 0.0138. The highest BCUT2D eigenvalue weighted by molar-refractivity contribution is 8.14. The maximum absolute atomic E-state index is 11.4. The lowest BCUT2D eigenvalue weighted by atomic mass is 9.84. The first-order chi connectivity index (χ1) is 9.72. The molecule has 7 heteroatoms. The number of hydrogen-bond donors (Lipinski definition) is 0. The first-order valence-electron chi connectivity index (χ1n) is 6.85. The van der Waals surface area contributed by atoms with E-state index in [2.05, 4.69) is 0 Å². The number of ether oxygens (including phenoxy) is 3. The third kappa shape index (κ3) is 5.32. The molecule has 2 unspecified atom stereocenters. The van der Waals surface area contributed by atoms with E-state index in [0.717, 1.165) is 11.8 Å². The van der Waals surface area contributed by atoms with E-state index in [1.165, 1.54) is 20.8 Å². The number of carbonyl (C=O) groups is 3. The van der Waals surface area contributed by atoms with Gasteiger partial charge in [0.05, 0.1) is 6.10 Å². The summed E-state index contributed by atoms with van der Waals surface area (Å²) in [6, 6.07) is 0. The van der Waals surface area contributed by atoms with Crippen LogP contribution in [0.25, 0.3) is 0 Å². The van der Waals surface area contributed by atoms with Crippen LogP contribution in [-0.4, -0.2) is 41.3 Å². The van der Waals surface area contributed by atoms with Gasteiger partial charge in [-0.05, 0) is 5.92 Å². The summed E-state index contributed by atoms with van der Waals surface area (Å²) >= 11 is 0.990. The largest absolute Gasteiger partial charge is 0.463 e. The maximum atomic E-state index is 11.4. The smallest absolute Gasteiger partial charge is 0.303 e. The van der Waals surface area contributed by atoms with Crippen LogP contribution in [0.15, 0.2) is 0 Å².